The molecule has 0 spiro atoms. The number of Topliss-reactive ketones (excluding diaryl/α,β-unsaturated/α-hetero) is 1. The number of carbonyl (C=O) groups is 2. The highest BCUT2D eigenvalue weighted by molar-refractivity contribution is 7.20. The summed E-state index contributed by atoms with van der Waals surface area (Å²) in [5.41, 5.74) is 3.36. The first-order valence-corrected chi connectivity index (χ1v) is 11.4. The molecule has 0 bridgehead atoms. The van der Waals surface area contributed by atoms with Crippen LogP contribution in [0.2, 0.25) is 0 Å². The van der Waals surface area contributed by atoms with Crippen LogP contribution < -0.4 is 14.2 Å². The van der Waals surface area contributed by atoms with Gasteiger partial charge in [0.1, 0.15) is 22.1 Å². The van der Waals surface area contributed by atoms with Crippen LogP contribution in [0.25, 0.3) is 15.8 Å². The molecular weight excluding hydrogens is 440 g/mol. The molecule has 0 saturated carbocycles. The number of ketones is 1. The molecule has 1 aliphatic rings. The summed E-state index contributed by atoms with van der Waals surface area (Å²) in [6.45, 7) is 4.48. The lowest BCUT2D eigenvalue weighted by Crippen LogP contribution is -2.34. The number of hydrogen-bond acceptors (Lipinski definition) is 7. The number of thiophene rings is 1. The monoisotopic (exact) mass is 466 g/mol. The number of aryl methyl sites for hydroxylation is 1. The first-order chi connectivity index (χ1) is 15.9. The minimum atomic E-state index is -0.0408. The third-order valence-corrected chi connectivity index (χ3v) is 7.13. The van der Waals surface area contributed by atoms with E-state index in [9.17, 15) is 9.59 Å². The normalized spacial score (nSPS) is 13.6. The van der Waals surface area contributed by atoms with E-state index in [1.807, 2.05) is 36.1 Å². The molecule has 3 heterocycles. The lowest BCUT2D eigenvalue weighted by molar-refractivity contribution is 0.0777. The van der Waals surface area contributed by atoms with Crippen LogP contribution >= 0.6 is 11.3 Å². The fourth-order valence-electron chi connectivity index (χ4n) is 4.04. The van der Waals surface area contributed by atoms with Gasteiger partial charge in [-0.15, -0.1) is 11.3 Å². The minimum Gasteiger partial charge on any atom is -0.496 e. The van der Waals surface area contributed by atoms with Crippen molar-refractivity contribution < 1.29 is 23.8 Å². The van der Waals surface area contributed by atoms with Crippen LogP contribution in [0.5, 0.6) is 17.2 Å². The van der Waals surface area contributed by atoms with E-state index in [0.717, 1.165) is 26.9 Å². The molecule has 4 rings (SSSR count). The zero-order valence-electron chi connectivity index (χ0n) is 19.4. The molecule has 0 radical (unpaired) electrons. The van der Waals surface area contributed by atoms with E-state index < -0.39 is 0 Å². The fraction of sp³-hybridized carbons (Fsp3) is 0.320. The molecule has 2 aromatic heterocycles. The Bertz CT molecular complexity index is 1250. The predicted molar refractivity (Wildman–Crippen MR) is 129 cm³/mol. The number of nitrogens with zero attached hydrogens (tertiary/aromatic N) is 2. The van der Waals surface area contributed by atoms with Crippen molar-refractivity contribution in [1.82, 2.24) is 9.88 Å². The third-order valence-electron chi connectivity index (χ3n) is 5.93. The molecule has 0 aliphatic carbocycles. The summed E-state index contributed by atoms with van der Waals surface area (Å²) >= 11 is 1.37. The summed E-state index contributed by atoms with van der Waals surface area (Å²) in [6.07, 6.45) is 4.28. The van der Waals surface area contributed by atoms with Gasteiger partial charge in [0.2, 0.25) is 0 Å². The minimum absolute atomic E-state index is 0.0242. The highest BCUT2D eigenvalue weighted by atomic mass is 32.1. The van der Waals surface area contributed by atoms with Crippen molar-refractivity contribution in [2.24, 2.45) is 0 Å². The Morgan fingerprint density at radius 1 is 1.06 bits per heavy atom. The molecule has 0 atom stereocenters. The largest absolute Gasteiger partial charge is 0.496 e. The fourth-order valence-corrected chi connectivity index (χ4v) is 5.14. The molecule has 7 nitrogen and oxygen atoms in total. The zero-order chi connectivity index (χ0) is 23.7. The standard InChI is InChI=1S/C25H26N2O5S/c1-14-19-10-17(15(2)28)13-26-24(19)33-23(14)25(29)27-8-6-16(7-9-27)22-20(31-4)11-18(30-3)12-21(22)32-5/h6,10-13H,7-9H2,1-5H3. The second-order valence-electron chi connectivity index (χ2n) is 7.83. The second-order valence-corrected chi connectivity index (χ2v) is 8.83. The molecule has 0 fully saturated rings. The van der Waals surface area contributed by atoms with Crippen molar-refractivity contribution in [2.45, 2.75) is 20.3 Å². The number of carbonyl (C=O) groups excluding carboxylic acids is 2. The van der Waals surface area contributed by atoms with E-state index in [4.69, 9.17) is 14.2 Å². The van der Waals surface area contributed by atoms with Gasteiger partial charge in [0.05, 0.1) is 31.8 Å². The molecule has 33 heavy (non-hydrogen) atoms. The highest BCUT2D eigenvalue weighted by Crippen LogP contribution is 2.41. The average molecular weight is 467 g/mol. The number of hydrogen-bond donors (Lipinski definition) is 0. The van der Waals surface area contributed by atoms with Crippen LogP contribution in [0.1, 0.15) is 44.5 Å². The van der Waals surface area contributed by atoms with Gasteiger partial charge < -0.3 is 19.1 Å². The number of rotatable bonds is 6. The summed E-state index contributed by atoms with van der Waals surface area (Å²) < 4.78 is 16.5. The molecule has 0 saturated heterocycles. The van der Waals surface area contributed by atoms with Gasteiger partial charge >= 0.3 is 0 Å². The van der Waals surface area contributed by atoms with Crippen LogP contribution in [0.15, 0.2) is 30.5 Å². The molecular formula is C25H26N2O5S. The van der Waals surface area contributed by atoms with E-state index in [-0.39, 0.29) is 11.7 Å². The topological polar surface area (TPSA) is 78.0 Å². The van der Waals surface area contributed by atoms with Gasteiger partial charge in [0, 0.05) is 42.4 Å². The Kier molecular flexibility index (Phi) is 6.37. The highest BCUT2D eigenvalue weighted by Gasteiger charge is 2.26. The van der Waals surface area contributed by atoms with Gasteiger partial charge in [0.25, 0.3) is 5.91 Å². The maximum absolute atomic E-state index is 13.3. The van der Waals surface area contributed by atoms with E-state index in [0.29, 0.717) is 47.2 Å². The number of benzene rings is 1. The van der Waals surface area contributed by atoms with Gasteiger partial charge in [-0.2, -0.15) is 0 Å². The molecule has 172 valence electrons. The van der Waals surface area contributed by atoms with Crippen molar-refractivity contribution >= 4 is 38.8 Å². The van der Waals surface area contributed by atoms with Crippen LogP contribution in [-0.4, -0.2) is 56.0 Å². The van der Waals surface area contributed by atoms with Gasteiger partial charge in [-0.3, -0.25) is 9.59 Å². The zero-order valence-corrected chi connectivity index (χ0v) is 20.2. The molecule has 0 unspecified atom stereocenters. The Morgan fingerprint density at radius 2 is 1.76 bits per heavy atom. The maximum Gasteiger partial charge on any atom is 0.264 e. The smallest absolute Gasteiger partial charge is 0.264 e. The average Bonchev–Trinajstić information content (AvgIpc) is 3.18. The van der Waals surface area contributed by atoms with Crippen LogP contribution in [0.4, 0.5) is 0 Å². The molecule has 1 amide bonds. The Balaban J connectivity index is 1.62. The quantitative estimate of drug-likeness (QED) is 0.488. The first kappa shape index (κ1) is 22.8. The molecule has 1 aliphatic heterocycles. The van der Waals surface area contributed by atoms with Crippen molar-refractivity contribution in [3.8, 4) is 17.2 Å². The Hall–Kier alpha value is -3.39. The second kappa shape index (κ2) is 9.23. The first-order valence-electron chi connectivity index (χ1n) is 10.6. The third kappa shape index (κ3) is 4.18. The van der Waals surface area contributed by atoms with E-state index >= 15 is 0 Å². The lowest BCUT2D eigenvalue weighted by Gasteiger charge is -2.28. The summed E-state index contributed by atoms with van der Waals surface area (Å²) in [5, 5.41) is 0.858. The molecule has 0 N–H and O–H groups in total. The van der Waals surface area contributed by atoms with Crippen molar-refractivity contribution in [3.05, 3.63) is 52.0 Å². The number of ether oxygens (including phenoxy) is 3. The molecule has 3 aromatic rings. The SMILES string of the molecule is COc1cc(OC)c(C2=CCN(C(=O)c3sc4ncc(C(C)=O)cc4c3C)CC2)c(OC)c1. The maximum atomic E-state index is 13.3. The number of fused-ring (bicyclic) bond motifs is 1. The van der Waals surface area contributed by atoms with Gasteiger partial charge in [-0.1, -0.05) is 6.08 Å². The number of methoxy groups -OCH3 is 3. The summed E-state index contributed by atoms with van der Waals surface area (Å²) in [7, 11) is 4.84. The van der Waals surface area contributed by atoms with Crippen molar-refractivity contribution in [3.63, 3.8) is 0 Å². The summed E-state index contributed by atoms with van der Waals surface area (Å²) in [6, 6.07) is 5.49. The Labute approximate surface area is 196 Å². The summed E-state index contributed by atoms with van der Waals surface area (Å²) in [5.74, 6) is 1.93. The summed E-state index contributed by atoms with van der Waals surface area (Å²) in [4.78, 5) is 32.7. The van der Waals surface area contributed by atoms with Crippen molar-refractivity contribution in [1.29, 1.82) is 0 Å². The Morgan fingerprint density at radius 3 is 2.30 bits per heavy atom. The molecule has 1 aromatic carbocycles. The number of aromatic nitrogens is 1. The van der Waals surface area contributed by atoms with Gasteiger partial charge in [-0.25, -0.2) is 4.98 Å². The lowest BCUT2D eigenvalue weighted by atomic mass is 9.97. The van der Waals surface area contributed by atoms with E-state index in [1.165, 1.54) is 18.3 Å². The number of amides is 1. The molecule has 8 heteroatoms. The van der Waals surface area contributed by atoms with Crippen LogP contribution in [-0.2, 0) is 0 Å². The van der Waals surface area contributed by atoms with E-state index in [1.54, 1.807) is 27.5 Å². The van der Waals surface area contributed by atoms with Crippen molar-refractivity contribution in [2.75, 3.05) is 34.4 Å². The van der Waals surface area contributed by atoms with E-state index in [2.05, 4.69) is 4.98 Å². The number of pyridine rings is 1. The van der Waals surface area contributed by atoms with Gasteiger partial charge in [-0.05, 0) is 37.5 Å². The van der Waals surface area contributed by atoms with Gasteiger partial charge in [0.15, 0.2) is 5.78 Å². The predicted octanol–water partition coefficient (Wildman–Crippen LogP) is 4.76. The van der Waals surface area contributed by atoms with Crippen LogP contribution in [0.3, 0.4) is 0 Å². The van der Waals surface area contributed by atoms with Crippen LogP contribution in [0, 0.1) is 6.92 Å².